The highest BCUT2D eigenvalue weighted by Gasteiger charge is 1.96. The summed E-state index contributed by atoms with van der Waals surface area (Å²) in [6.45, 7) is 2.05. The van der Waals surface area contributed by atoms with Crippen LogP contribution >= 0.6 is 11.6 Å². The van der Waals surface area contributed by atoms with E-state index in [4.69, 9.17) is 16.3 Å². The van der Waals surface area contributed by atoms with Crippen molar-refractivity contribution in [1.82, 2.24) is 0 Å². The summed E-state index contributed by atoms with van der Waals surface area (Å²) in [6.07, 6.45) is 3.49. The Morgan fingerprint density at radius 2 is 1.70 bits per heavy atom. The van der Waals surface area contributed by atoms with Gasteiger partial charge in [0.15, 0.2) is 0 Å². The molecular weight excluding hydrogens is 270 g/mol. The van der Waals surface area contributed by atoms with Gasteiger partial charge in [0, 0.05) is 11.2 Å². The van der Waals surface area contributed by atoms with Gasteiger partial charge in [-0.15, -0.1) is 0 Å². The van der Waals surface area contributed by atoms with Crippen molar-refractivity contribution in [2.75, 3.05) is 7.11 Å². The van der Waals surface area contributed by atoms with Gasteiger partial charge in [-0.3, -0.25) is 4.99 Å². The smallest absolute Gasteiger partial charge is 0.119 e. The van der Waals surface area contributed by atoms with Crippen LogP contribution in [0.2, 0.25) is 0 Å². The van der Waals surface area contributed by atoms with Crippen molar-refractivity contribution in [3.63, 3.8) is 0 Å². The monoisotopic (exact) mass is 285 g/mol. The predicted octanol–water partition coefficient (Wildman–Crippen LogP) is 4.99. The SMILES string of the molecule is COc1ccc(N=CC=C(Cl)c2ccc(C)cc2)cc1. The van der Waals surface area contributed by atoms with E-state index >= 15 is 0 Å². The van der Waals surface area contributed by atoms with Crippen LogP contribution in [0.1, 0.15) is 11.1 Å². The van der Waals surface area contributed by atoms with Crippen LogP contribution < -0.4 is 4.74 Å². The second kappa shape index (κ2) is 6.92. The fourth-order valence-electron chi connectivity index (χ4n) is 1.67. The normalized spacial score (nSPS) is 11.8. The molecule has 0 aliphatic rings. The Morgan fingerprint density at radius 3 is 2.30 bits per heavy atom. The number of nitrogens with zero attached hydrogens (tertiary/aromatic N) is 1. The molecule has 0 aromatic heterocycles. The van der Waals surface area contributed by atoms with Gasteiger partial charge < -0.3 is 4.74 Å². The molecule has 0 aliphatic heterocycles. The Balaban J connectivity index is 2.06. The van der Waals surface area contributed by atoms with Gasteiger partial charge in [-0.05, 0) is 42.8 Å². The molecule has 0 atom stereocenters. The second-order valence-corrected chi connectivity index (χ2v) is 4.76. The van der Waals surface area contributed by atoms with Gasteiger partial charge in [0.2, 0.25) is 0 Å². The number of rotatable bonds is 4. The first-order valence-corrected chi connectivity index (χ1v) is 6.68. The maximum Gasteiger partial charge on any atom is 0.119 e. The van der Waals surface area contributed by atoms with Crippen LogP contribution in [0.3, 0.4) is 0 Å². The van der Waals surface area contributed by atoms with Gasteiger partial charge >= 0.3 is 0 Å². The molecule has 0 saturated heterocycles. The van der Waals surface area contributed by atoms with E-state index in [1.54, 1.807) is 19.4 Å². The van der Waals surface area contributed by atoms with Crippen LogP contribution in [0.25, 0.3) is 5.03 Å². The second-order valence-electron chi connectivity index (χ2n) is 4.36. The number of halogens is 1. The highest BCUT2D eigenvalue weighted by molar-refractivity contribution is 6.49. The van der Waals surface area contributed by atoms with Crippen LogP contribution in [0.15, 0.2) is 59.6 Å². The Labute approximate surface area is 124 Å². The van der Waals surface area contributed by atoms with Gasteiger partial charge in [0.1, 0.15) is 5.75 Å². The van der Waals surface area contributed by atoms with Crippen LogP contribution in [0, 0.1) is 6.92 Å². The van der Waals surface area contributed by atoms with Crippen molar-refractivity contribution >= 4 is 28.5 Å². The van der Waals surface area contributed by atoms with Crippen LogP contribution in [0.4, 0.5) is 5.69 Å². The number of allylic oxidation sites excluding steroid dienone is 1. The Bertz CT molecular complexity index is 612. The first-order chi connectivity index (χ1) is 9.69. The summed E-state index contributed by atoms with van der Waals surface area (Å²) >= 11 is 6.22. The number of hydrogen-bond acceptors (Lipinski definition) is 2. The van der Waals surface area contributed by atoms with Crippen LogP contribution in [-0.4, -0.2) is 13.3 Å². The average Bonchev–Trinajstić information content (AvgIpc) is 2.48. The van der Waals surface area contributed by atoms with E-state index in [1.165, 1.54) is 5.56 Å². The van der Waals surface area contributed by atoms with Crippen molar-refractivity contribution in [2.45, 2.75) is 6.92 Å². The summed E-state index contributed by atoms with van der Waals surface area (Å²) < 4.78 is 5.09. The highest BCUT2D eigenvalue weighted by atomic mass is 35.5. The molecule has 0 unspecified atom stereocenters. The van der Waals surface area contributed by atoms with E-state index in [2.05, 4.69) is 4.99 Å². The van der Waals surface area contributed by atoms with E-state index < -0.39 is 0 Å². The van der Waals surface area contributed by atoms with E-state index in [0.29, 0.717) is 5.03 Å². The quantitative estimate of drug-likeness (QED) is 0.726. The summed E-state index contributed by atoms with van der Waals surface area (Å²) in [4.78, 5) is 4.32. The third-order valence-electron chi connectivity index (χ3n) is 2.84. The standard InChI is InChI=1S/C17H16ClNO/c1-13-3-5-14(6-4-13)17(18)11-12-19-15-7-9-16(20-2)10-8-15/h3-12H,1-2H3. The molecule has 2 aromatic carbocycles. The molecule has 0 heterocycles. The molecule has 2 rings (SSSR count). The number of methoxy groups -OCH3 is 1. The molecule has 0 bridgehead atoms. The topological polar surface area (TPSA) is 21.6 Å². The maximum atomic E-state index is 6.22. The minimum absolute atomic E-state index is 0.669. The van der Waals surface area contributed by atoms with E-state index in [0.717, 1.165) is 17.0 Å². The molecule has 20 heavy (non-hydrogen) atoms. The number of benzene rings is 2. The minimum atomic E-state index is 0.669. The molecule has 2 nitrogen and oxygen atoms in total. The van der Waals surface area contributed by atoms with Gasteiger partial charge in [-0.25, -0.2) is 0 Å². The molecule has 102 valence electrons. The summed E-state index contributed by atoms with van der Waals surface area (Å²) in [5.41, 5.74) is 3.05. The van der Waals surface area contributed by atoms with E-state index in [9.17, 15) is 0 Å². The van der Waals surface area contributed by atoms with Gasteiger partial charge in [0.05, 0.1) is 12.8 Å². The predicted molar refractivity (Wildman–Crippen MR) is 86.2 cm³/mol. The average molecular weight is 286 g/mol. The van der Waals surface area contributed by atoms with Crippen molar-refractivity contribution in [3.05, 3.63) is 65.7 Å². The first-order valence-electron chi connectivity index (χ1n) is 6.30. The number of aryl methyl sites for hydroxylation is 1. The fourth-order valence-corrected chi connectivity index (χ4v) is 1.85. The number of aliphatic imine (C=N–C) groups is 1. The van der Waals surface area contributed by atoms with Crippen molar-refractivity contribution in [1.29, 1.82) is 0 Å². The lowest BCUT2D eigenvalue weighted by Crippen LogP contribution is -1.80. The molecule has 0 radical (unpaired) electrons. The zero-order chi connectivity index (χ0) is 14.4. The largest absolute Gasteiger partial charge is 0.497 e. The number of hydrogen-bond donors (Lipinski definition) is 0. The maximum absolute atomic E-state index is 6.22. The number of ether oxygens (including phenoxy) is 1. The van der Waals surface area contributed by atoms with Crippen molar-refractivity contribution in [3.8, 4) is 5.75 Å². The van der Waals surface area contributed by atoms with Gasteiger partial charge in [0.25, 0.3) is 0 Å². The summed E-state index contributed by atoms with van der Waals surface area (Å²) in [6, 6.07) is 15.6. The zero-order valence-corrected chi connectivity index (χ0v) is 12.3. The Morgan fingerprint density at radius 1 is 1.05 bits per heavy atom. The van der Waals surface area contributed by atoms with Crippen molar-refractivity contribution < 1.29 is 4.74 Å². The first kappa shape index (κ1) is 14.4. The van der Waals surface area contributed by atoms with Gasteiger partial charge in [-0.1, -0.05) is 41.4 Å². The fraction of sp³-hybridized carbons (Fsp3) is 0.118. The van der Waals surface area contributed by atoms with E-state index in [-0.39, 0.29) is 0 Å². The summed E-state index contributed by atoms with van der Waals surface area (Å²) in [5.74, 6) is 0.817. The Kier molecular flexibility index (Phi) is 4.97. The molecule has 3 heteroatoms. The molecule has 2 aromatic rings. The highest BCUT2D eigenvalue weighted by Crippen LogP contribution is 2.20. The lowest BCUT2D eigenvalue weighted by molar-refractivity contribution is 0.415. The van der Waals surface area contributed by atoms with E-state index in [1.807, 2.05) is 55.5 Å². The molecule has 0 fully saturated rings. The molecule has 0 aliphatic carbocycles. The third kappa shape index (κ3) is 3.97. The van der Waals surface area contributed by atoms with Crippen molar-refractivity contribution in [2.24, 2.45) is 4.99 Å². The third-order valence-corrected chi connectivity index (χ3v) is 3.19. The molecule has 0 N–H and O–H groups in total. The minimum Gasteiger partial charge on any atom is -0.497 e. The molecular formula is C17H16ClNO. The van der Waals surface area contributed by atoms with Crippen LogP contribution in [0.5, 0.6) is 5.75 Å². The zero-order valence-electron chi connectivity index (χ0n) is 11.5. The summed E-state index contributed by atoms with van der Waals surface area (Å²) in [5, 5.41) is 0.669. The summed E-state index contributed by atoms with van der Waals surface area (Å²) in [7, 11) is 1.64. The Hall–Kier alpha value is -2.06. The molecule has 0 amide bonds. The molecule has 0 saturated carbocycles. The molecule has 0 spiro atoms. The van der Waals surface area contributed by atoms with Gasteiger partial charge in [-0.2, -0.15) is 0 Å². The lowest BCUT2D eigenvalue weighted by Gasteiger charge is -1.99. The van der Waals surface area contributed by atoms with Crippen LogP contribution in [-0.2, 0) is 0 Å². The lowest BCUT2D eigenvalue weighted by atomic mass is 10.1.